The monoisotopic (exact) mass is 339 g/mol. The molecule has 25 heavy (non-hydrogen) atoms. The van der Waals surface area contributed by atoms with E-state index in [1.807, 2.05) is 12.3 Å². The third kappa shape index (κ3) is 2.82. The summed E-state index contributed by atoms with van der Waals surface area (Å²) in [6.07, 6.45) is 10.7. The van der Waals surface area contributed by atoms with Crippen LogP contribution in [0.2, 0.25) is 0 Å². The van der Waals surface area contributed by atoms with E-state index in [2.05, 4.69) is 26.0 Å². The molecule has 2 aromatic heterocycles. The summed E-state index contributed by atoms with van der Waals surface area (Å²) < 4.78 is 5.68. The number of anilines is 1. The molecule has 0 radical (unpaired) electrons. The zero-order valence-corrected chi connectivity index (χ0v) is 14.6. The van der Waals surface area contributed by atoms with Gasteiger partial charge in [0.1, 0.15) is 5.82 Å². The second-order valence-electron chi connectivity index (χ2n) is 7.53. The van der Waals surface area contributed by atoms with E-state index in [0.717, 1.165) is 42.8 Å². The van der Waals surface area contributed by atoms with Crippen LogP contribution in [0, 0.1) is 0 Å². The molecule has 3 aliphatic rings. The van der Waals surface area contributed by atoms with Gasteiger partial charge < -0.3 is 9.42 Å². The van der Waals surface area contributed by atoms with Crippen LogP contribution in [0.15, 0.2) is 22.9 Å². The summed E-state index contributed by atoms with van der Waals surface area (Å²) in [6, 6.07) is 5.11. The molecule has 2 saturated heterocycles. The van der Waals surface area contributed by atoms with Crippen LogP contribution >= 0.6 is 0 Å². The molecule has 0 bridgehead atoms. The van der Waals surface area contributed by atoms with Crippen molar-refractivity contribution >= 4 is 5.82 Å². The molecule has 0 aromatic carbocycles. The highest BCUT2D eigenvalue weighted by molar-refractivity contribution is 5.59. The summed E-state index contributed by atoms with van der Waals surface area (Å²) in [5.41, 5.74) is 1.00. The number of hydrogen-bond donors (Lipinski definition) is 0. The van der Waals surface area contributed by atoms with E-state index in [1.54, 1.807) is 0 Å². The zero-order valence-electron chi connectivity index (χ0n) is 14.6. The van der Waals surface area contributed by atoms with Crippen LogP contribution in [0.1, 0.15) is 56.9 Å². The zero-order chi connectivity index (χ0) is 16.6. The molecule has 0 amide bonds. The summed E-state index contributed by atoms with van der Waals surface area (Å²) in [4.78, 5) is 14.2. The summed E-state index contributed by atoms with van der Waals surface area (Å²) >= 11 is 0. The van der Waals surface area contributed by atoms with Gasteiger partial charge in [-0.1, -0.05) is 11.6 Å². The van der Waals surface area contributed by atoms with E-state index in [9.17, 15) is 0 Å². The van der Waals surface area contributed by atoms with Crippen LogP contribution < -0.4 is 4.90 Å². The van der Waals surface area contributed by atoms with E-state index < -0.39 is 0 Å². The maximum atomic E-state index is 5.68. The highest BCUT2D eigenvalue weighted by Crippen LogP contribution is 2.39. The van der Waals surface area contributed by atoms with E-state index in [1.165, 1.54) is 45.1 Å². The fourth-order valence-electron chi connectivity index (χ4n) is 4.37. The van der Waals surface area contributed by atoms with Crippen molar-refractivity contribution in [2.24, 2.45) is 0 Å². The Morgan fingerprint density at radius 2 is 1.88 bits per heavy atom. The third-order valence-electron chi connectivity index (χ3n) is 6.00. The summed E-state index contributed by atoms with van der Waals surface area (Å²) in [7, 11) is 0. The van der Waals surface area contributed by atoms with Crippen LogP contribution in [0.25, 0.3) is 11.4 Å². The first-order valence-corrected chi connectivity index (χ1v) is 9.69. The Morgan fingerprint density at radius 1 is 1.00 bits per heavy atom. The van der Waals surface area contributed by atoms with Gasteiger partial charge in [0, 0.05) is 30.9 Å². The molecule has 0 N–H and O–H groups in total. The van der Waals surface area contributed by atoms with E-state index in [0.29, 0.717) is 11.9 Å². The Morgan fingerprint density at radius 3 is 2.68 bits per heavy atom. The predicted molar refractivity (Wildman–Crippen MR) is 95.3 cm³/mol. The maximum Gasteiger partial charge on any atom is 0.244 e. The number of pyridine rings is 1. The predicted octanol–water partition coefficient (Wildman–Crippen LogP) is 3.42. The van der Waals surface area contributed by atoms with Crippen molar-refractivity contribution in [3.63, 3.8) is 0 Å². The number of likely N-dealkylation sites (tertiary alicyclic amines) is 1. The fourth-order valence-corrected chi connectivity index (χ4v) is 4.37. The Bertz CT molecular complexity index is 735. The van der Waals surface area contributed by atoms with Gasteiger partial charge in [0.15, 0.2) is 0 Å². The molecule has 1 unspecified atom stereocenters. The average Bonchev–Trinajstić information content (AvgIpc) is 3.34. The standard InChI is InChI=1S/C19H25N5O/c1-2-11-23(10-1)17-13-14(8-9-20-17)18-21-19(25-22-18)16-7-4-12-24(16)15-5-3-6-15/h8-9,13,15-16H,1-7,10-12H2. The average molecular weight is 339 g/mol. The van der Waals surface area contributed by atoms with E-state index in [4.69, 9.17) is 9.51 Å². The lowest BCUT2D eigenvalue weighted by atomic mass is 9.91. The molecular weight excluding hydrogens is 314 g/mol. The molecular formula is C19H25N5O. The van der Waals surface area contributed by atoms with Gasteiger partial charge in [0.25, 0.3) is 0 Å². The highest BCUT2D eigenvalue weighted by Gasteiger charge is 2.37. The molecule has 2 aliphatic heterocycles. The first-order chi connectivity index (χ1) is 12.4. The van der Waals surface area contributed by atoms with Crippen molar-refractivity contribution in [3.8, 4) is 11.4 Å². The van der Waals surface area contributed by atoms with Crippen molar-refractivity contribution < 1.29 is 4.52 Å². The first-order valence-electron chi connectivity index (χ1n) is 9.69. The van der Waals surface area contributed by atoms with Crippen molar-refractivity contribution in [3.05, 3.63) is 24.2 Å². The van der Waals surface area contributed by atoms with Gasteiger partial charge in [-0.15, -0.1) is 0 Å². The minimum absolute atomic E-state index is 0.312. The van der Waals surface area contributed by atoms with Crippen LogP contribution in [-0.4, -0.2) is 45.7 Å². The quantitative estimate of drug-likeness (QED) is 0.851. The summed E-state index contributed by atoms with van der Waals surface area (Å²) in [6.45, 7) is 3.35. The lowest BCUT2D eigenvalue weighted by molar-refractivity contribution is 0.0966. The van der Waals surface area contributed by atoms with Crippen LogP contribution in [-0.2, 0) is 0 Å². The first kappa shape index (κ1) is 15.3. The minimum Gasteiger partial charge on any atom is -0.357 e. The highest BCUT2D eigenvalue weighted by atomic mass is 16.5. The molecule has 4 heterocycles. The smallest absolute Gasteiger partial charge is 0.244 e. The minimum atomic E-state index is 0.312. The Balaban J connectivity index is 1.38. The molecule has 6 heteroatoms. The Labute approximate surface area is 148 Å². The molecule has 5 rings (SSSR count). The molecule has 0 spiro atoms. The normalized spacial score (nSPS) is 24.8. The number of rotatable bonds is 4. The summed E-state index contributed by atoms with van der Waals surface area (Å²) in [5.74, 6) is 2.51. The van der Waals surface area contributed by atoms with Gasteiger partial charge in [-0.2, -0.15) is 4.98 Å². The second-order valence-corrected chi connectivity index (χ2v) is 7.53. The summed E-state index contributed by atoms with van der Waals surface area (Å²) in [5, 5.41) is 4.28. The van der Waals surface area contributed by atoms with E-state index >= 15 is 0 Å². The van der Waals surface area contributed by atoms with Crippen LogP contribution in [0.5, 0.6) is 0 Å². The molecule has 132 valence electrons. The van der Waals surface area contributed by atoms with Crippen molar-refractivity contribution in [2.75, 3.05) is 24.5 Å². The van der Waals surface area contributed by atoms with Crippen molar-refractivity contribution in [2.45, 2.75) is 57.0 Å². The van der Waals surface area contributed by atoms with Gasteiger partial charge in [-0.25, -0.2) is 4.98 Å². The fraction of sp³-hybridized carbons (Fsp3) is 0.632. The van der Waals surface area contributed by atoms with Gasteiger partial charge in [0.2, 0.25) is 11.7 Å². The largest absolute Gasteiger partial charge is 0.357 e. The Hall–Kier alpha value is -1.95. The second kappa shape index (κ2) is 6.41. The van der Waals surface area contributed by atoms with Gasteiger partial charge in [-0.3, -0.25) is 4.90 Å². The molecule has 3 fully saturated rings. The molecule has 1 saturated carbocycles. The van der Waals surface area contributed by atoms with Crippen LogP contribution in [0.4, 0.5) is 5.82 Å². The topological polar surface area (TPSA) is 58.3 Å². The van der Waals surface area contributed by atoms with E-state index in [-0.39, 0.29) is 0 Å². The van der Waals surface area contributed by atoms with Gasteiger partial charge in [0.05, 0.1) is 6.04 Å². The third-order valence-corrected chi connectivity index (χ3v) is 6.00. The number of nitrogens with zero attached hydrogens (tertiary/aromatic N) is 5. The lowest BCUT2D eigenvalue weighted by Gasteiger charge is -2.37. The van der Waals surface area contributed by atoms with Crippen molar-refractivity contribution in [1.82, 2.24) is 20.0 Å². The number of aromatic nitrogens is 3. The molecule has 6 nitrogen and oxygen atoms in total. The van der Waals surface area contributed by atoms with Crippen LogP contribution in [0.3, 0.4) is 0 Å². The lowest BCUT2D eigenvalue weighted by Crippen LogP contribution is -2.39. The van der Waals surface area contributed by atoms with Crippen molar-refractivity contribution in [1.29, 1.82) is 0 Å². The molecule has 1 atom stereocenters. The van der Waals surface area contributed by atoms with Gasteiger partial charge >= 0.3 is 0 Å². The maximum absolute atomic E-state index is 5.68. The molecule has 1 aliphatic carbocycles. The Kier molecular flexibility index (Phi) is 3.93. The van der Waals surface area contributed by atoms with Gasteiger partial charge in [-0.05, 0) is 57.2 Å². The molecule has 2 aromatic rings. The number of hydrogen-bond acceptors (Lipinski definition) is 6. The SMILES string of the molecule is c1cc(-c2noc(C3CCCN3C3CCC3)n2)cc(N2CCCC2)n1.